The number of rotatable bonds is 5. The van der Waals surface area contributed by atoms with Crippen LogP contribution >= 0.6 is 11.6 Å². The summed E-state index contributed by atoms with van der Waals surface area (Å²) in [5.41, 5.74) is 4.60. The molecule has 0 aliphatic carbocycles. The van der Waals surface area contributed by atoms with Crippen molar-refractivity contribution >= 4 is 34.8 Å². The van der Waals surface area contributed by atoms with Crippen LogP contribution in [0.3, 0.4) is 0 Å². The maximum atomic E-state index is 12.2. The van der Waals surface area contributed by atoms with E-state index >= 15 is 0 Å². The molecule has 2 aromatic carbocycles. The fourth-order valence-electron chi connectivity index (χ4n) is 2.66. The van der Waals surface area contributed by atoms with Gasteiger partial charge < -0.3 is 10.2 Å². The lowest BCUT2D eigenvalue weighted by Crippen LogP contribution is -2.32. The zero-order valence-corrected chi connectivity index (χ0v) is 15.8. The topological polar surface area (TPSA) is 49.4 Å². The minimum atomic E-state index is -0.157. The smallest absolute Gasteiger partial charge is 0.226 e. The molecule has 25 heavy (non-hydrogen) atoms. The molecule has 4 nitrogen and oxygen atoms in total. The van der Waals surface area contributed by atoms with Crippen molar-refractivity contribution in [3.05, 3.63) is 58.1 Å². The molecule has 1 N–H and O–H groups in total. The van der Waals surface area contributed by atoms with Gasteiger partial charge in [0.1, 0.15) is 0 Å². The lowest BCUT2D eigenvalue weighted by Gasteiger charge is -2.23. The Kier molecular flexibility index (Phi) is 6.21. The average Bonchev–Trinajstić information content (AvgIpc) is 2.52. The van der Waals surface area contributed by atoms with Crippen LogP contribution in [0.15, 0.2) is 36.4 Å². The standard InChI is InChI=1S/C20H23ClN2O2/c1-13-5-8-19(15(3)11-13)23(16(4)24)10-9-20(25)22-17-7-6-14(2)18(21)12-17/h5-8,11-12H,9-10H2,1-4H3,(H,22,25). The highest BCUT2D eigenvalue weighted by Crippen LogP contribution is 2.22. The van der Waals surface area contributed by atoms with Crippen molar-refractivity contribution < 1.29 is 9.59 Å². The molecule has 2 aromatic rings. The van der Waals surface area contributed by atoms with Crippen LogP contribution in [0.1, 0.15) is 30.0 Å². The van der Waals surface area contributed by atoms with E-state index < -0.39 is 0 Å². The third kappa shape index (κ3) is 5.07. The molecule has 0 atom stereocenters. The molecular weight excluding hydrogens is 336 g/mol. The Labute approximate surface area is 153 Å². The molecular formula is C20H23ClN2O2. The van der Waals surface area contributed by atoms with Crippen molar-refractivity contribution in [2.75, 3.05) is 16.8 Å². The van der Waals surface area contributed by atoms with Crippen molar-refractivity contribution in [1.29, 1.82) is 0 Å². The largest absolute Gasteiger partial charge is 0.326 e. The maximum absolute atomic E-state index is 12.2. The van der Waals surface area contributed by atoms with Crippen molar-refractivity contribution in [2.45, 2.75) is 34.1 Å². The molecule has 0 radical (unpaired) electrons. The summed E-state index contributed by atoms with van der Waals surface area (Å²) in [6.07, 6.45) is 0.207. The number of nitrogens with one attached hydrogen (secondary N) is 1. The molecule has 0 aromatic heterocycles. The van der Waals surface area contributed by atoms with Gasteiger partial charge in [0, 0.05) is 36.3 Å². The lowest BCUT2D eigenvalue weighted by molar-refractivity contribution is -0.117. The molecule has 0 saturated carbocycles. The zero-order valence-electron chi connectivity index (χ0n) is 15.0. The first-order valence-electron chi connectivity index (χ1n) is 8.19. The Balaban J connectivity index is 2.04. The predicted molar refractivity (Wildman–Crippen MR) is 103 cm³/mol. The summed E-state index contributed by atoms with van der Waals surface area (Å²) in [5.74, 6) is -0.242. The number of hydrogen-bond donors (Lipinski definition) is 1. The summed E-state index contributed by atoms with van der Waals surface area (Å²) in [7, 11) is 0. The number of amides is 2. The Morgan fingerprint density at radius 2 is 1.76 bits per heavy atom. The number of hydrogen-bond acceptors (Lipinski definition) is 2. The highest BCUT2D eigenvalue weighted by molar-refractivity contribution is 6.31. The third-order valence-corrected chi connectivity index (χ3v) is 4.45. The van der Waals surface area contributed by atoms with Gasteiger partial charge in [0.2, 0.25) is 11.8 Å². The average molecular weight is 359 g/mol. The first-order valence-corrected chi connectivity index (χ1v) is 8.57. The van der Waals surface area contributed by atoms with Crippen LogP contribution in [0.4, 0.5) is 11.4 Å². The van der Waals surface area contributed by atoms with Gasteiger partial charge in [0.15, 0.2) is 0 Å². The highest BCUT2D eigenvalue weighted by Gasteiger charge is 2.15. The molecule has 0 fully saturated rings. The summed E-state index contributed by atoms with van der Waals surface area (Å²) in [4.78, 5) is 25.9. The fourth-order valence-corrected chi connectivity index (χ4v) is 2.84. The molecule has 0 heterocycles. The van der Waals surface area contributed by atoms with Crippen LogP contribution in [0.25, 0.3) is 0 Å². The van der Waals surface area contributed by atoms with Gasteiger partial charge in [0.25, 0.3) is 0 Å². The molecule has 2 amide bonds. The molecule has 2 rings (SSSR count). The number of anilines is 2. The number of benzene rings is 2. The Morgan fingerprint density at radius 3 is 2.36 bits per heavy atom. The van der Waals surface area contributed by atoms with E-state index in [2.05, 4.69) is 5.32 Å². The number of carbonyl (C=O) groups is 2. The molecule has 0 spiro atoms. The van der Waals surface area contributed by atoms with Crippen LogP contribution in [0, 0.1) is 20.8 Å². The van der Waals surface area contributed by atoms with Crippen molar-refractivity contribution in [1.82, 2.24) is 0 Å². The second-order valence-electron chi connectivity index (χ2n) is 6.22. The highest BCUT2D eigenvalue weighted by atomic mass is 35.5. The van der Waals surface area contributed by atoms with Gasteiger partial charge in [-0.15, -0.1) is 0 Å². The first kappa shape index (κ1) is 19.0. The summed E-state index contributed by atoms with van der Waals surface area (Å²) in [6, 6.07) is 11.3. The van der Waals surface area contributed by atoms with E-state index in [9.17, 15) is 9.59 Å². The van der Waals surface area contributed by atoms with Gasteiger partial charge >= 0.3 is 0 Å². The molecule has 0 aliphatic rings. The minimum absolute atomic E-state index is 0.0851. The summed E-state index contributed by atoms with van der Waals surface area (Å²) >= 11 is 6.07. The summed E-state index contributed by atoms with van der Waals surface area (Å²) < 4.78 is 0. The Hall–Kier alpha value is -2.33. The first-order chi connectivity index (χ1) is 11.8. The number of halogens is 1. The predicted octanol–water partition coefficient (Wildman–Crippen LogP) is 4.65. The molecule has 0 saturated heterocycles. The Bertz CT molecular complexity index is 802. The molecule has 0 bridgehead atoms. The van der Waals surface area contributed by atoms with Crippen molar-refractivity contribution in [3.8, 4) is 0 Å². The van der Waals surface area contributed by atoms with E-state index in [0.29, 0.717) is 17.3 Å². The van der Waals surface area contributed by atoms with Crippen molar-refractivity contribution in [3.63, 3.8) is 0 Å². The number of nitrogens with zero attached hydrogens (tertiary/aromatic N) is 1. The number of carbonyl (C=O) groups excluding carboxylic acids is 2. The summed E-state index contributed by atoms with van der Waals surface area (Å²) in [5, 5.41) is 3.43. The van der Waals surface area contributed by atoms with Gasteiger partial charge in [-0.25, -0.2) is 0 Å². The lowest BCUT2D eigenvalue weighted by atomic mass is 10.1. The van der Waals surface area contributed by atoms with Crippen LogP contribution in [-0.4, -0.2) is 18.4 Å². The van der Waals surface area contributed by atoms with Crippen LogP contribution in [0.5, 0.6) is 0 Å². The normalized spacial score (nSPS) is 10.4. The van der Waals surface area contributed by atoms with E-state index in [0.717, 1.165) is 22.4 Å². The van der Waals surface area contributed by atoms with Crippen LogP contribution in [0.2, 0.25) is 5.02 Å². The van der Waals surface area contributed by atoms with Gasteiger partial charge in [0.05, 0.1) is 0 Å². The van der Waals surface area contributed by atoms with E-state index in [1.165, 1.54) is 6.92 Å². The second kappa shape index (κ2) is 8.17. The van der Waals surface area contributed by atoms with E-state index in [1.54, 1.807) is 11.0 Å². The summed E-state index contributed by atoms with van der Waals surface area (Å²) in [6.45, 7) is 7.71. The van der Waals surface area contributed by atoms with Crippen LogP contribution < -0.4 is 10.2 Å². The fraction of sp³-hybridized carbons (Fsp3) is 0.300. The minimum Gasteiger partial charge on any atom is -0.326 e. The van der Waals surface area contributed by atoms with Gasteiger partial charge in [-0.2, -0.15) is 0 Å². The molecule has 132 valence electrons. The monoisotopic (exact) mass is 358 g/mol. The van der Waals surface area contributed by atoms with E-state index in [1.807, 2.05) is 51.1 Å². The van der Waals surface area contributed by atoms with Crippen molar-refractivity contribution in [2.24, 2.45) is 0 Å². The Morgan fingerprint density at radius 1 is 1.04 bits per heavy atom. The SMILES string of the molecule is CC(=O)N(CCC(=O)Nc1ccc(C)c(Cl)c1)c1ccc(C)cc1C. The second-order valence-corrected chi connectivity index (χ2v) is 6.63. The zero-order chi connectivity index (χ0) is 18.6. The van der Waals surface area contributed by atoms with E-state index in [-0.39, 0.29) is 18.2 Å². The molecule has 0 aliphatic heterocycles. The van der Waals surface area contributed by atoms with Crippen LogP contribution in [-0.2, 0) is 9.59 Å². The van der Waals surface area contributed by atoms with Gasteiger partial charge in [-0.3, -0.25) is 9.59 Å². The van der Waals surface area contributed by atoms with Gasteiger partial charge in [-0.05, 0) is 50.1 Å². The molecule has 5 heteroatoms. The number of aryl methyl sites for hydroxylation is 3. The van der Waals surface area contributed by atoms with Gasteiger partial charge in [-0.1, -0.05) is 35.4 Å². The van der Waals surface area contributed by atoms with E-state index in [4.69, 9.17) is 11.6 Å². The third-order valence-electron chi connectivity index (χ3n) is 4.04. The quantitative estimate of drug-likeness (QED) is 0.845. The molecule has 0 unspecified atom stereocenters. The maximum Gasteiger partial charge on any atom is 0.226 e.